The lowest BCUT2D eigenvalue weighted by Gasteiger charge is -2.63. The number of esters is 1. The number of carbonyl (C=O) groups is 1. The average Bonchev–Trinajstić information content (AvgIpc) is 2.42. The molecule has 0 aromatic heterocycles. The van der Waals surface area contributed by atoms with Gasteiger partial charge in [0.1, 0.15) is 5.60 Å². The molecule has 0 heterocycles. The Morgan fingerprint density at radius 2 is 1.73 bits per heavy atom. The second-order valence-electron chi connectivity index (χ2n) is 9.62. The molecule has 4 aliphatic rings. The minimum atomic E-state index is -4.69. The molecular weight excluding hydrogens is 349 g/mol. The fourth-order valence-corrected chi connectivity index (χ4v) is 6.00. The largest absolute Gasteiger partial charge is 0.458 e. The summed E-state index contributed by atoms with van der Waals surface area (Å²) < 4.78 is 52.5. The van der Waals surface area contributed by atoms with Crippen LogP contribution in [0.2, 0.25) is 0 Å². The van der Waals surface area contributed by atoms with E-state index in [0.717, 1.165) is 13.3 Å². The molecule has 0 aliphatic heterocycles. The summed E-state index contributed by atoms with van der Waals surface area (Å²) in [5, 5.41) is 10.9. The summed E-state index contributed by atoms with van der Waals surface area (Å²) >= 11 is 0. The summed E-state index contributed by atoms with van der Waals surface area (Å²) in [6.07, 6.45) is -2.15. The van der Waals surface area contributed by atoms with Gasteiger partial charge in [-0.2, -0.15) is 13.2 Å². The average molecular weight is 378 g/mol. The molecule has 5 atom stereocenters. The van der Waals surface area contributed by atoms with Crippen LogP contribution in [0.3, 0.4) is 0 Å². The molecule has 4 saturated carbocycles. The molecule has 0 aromatic rings. The molecule has 4 aliphatic carbocycles. The molecule has 0 aromatic carbocycles. The molecule has 4 nitrogen and oxygen atoms in total. The van der Waals surface area contributed by atoms with E-state index in [1.807, 2.05) is 0 Å². The number of halogens is 3. The number of rotatable bonds is 5. The van der Waals surface area contributed by atoms with E-state index < -0.39 is 34.4 Å². The lowest BCUT2D eigenvalue weighted by molar-refractivity contribution is -0.282. The third-order valence-electron chi connectivity index (χ3n) is 6.57. The molecule has 7 heteroatoms. The van der Waals surface area contributed by atoms with Crippen LogP contribution in [0, 0.1) is 17.3 Å². The van der Waals surface area contributed by atoms with E-state index >= 15 is 0 Å². The van der Waals surface area contributed by atoms with Gasteiger partial charge in [-0.05, 0) is 44.4 Å². The maximum atomic E-state index is 13.7. The monoisotopic (exact) mass is 378 g/mol. The molecule has 150 valence electrons. The first-order chi connectivity index (χ1) is 11.8. The molecule has 4 rings (SSSR count). The van der Waals surface area contributed by atoms with Gasteiger partial charge in [0.2, 0.25) is 0 Å². The van der Waals surface area contributed by atoms with Crippen LogP contribution in [0.5, 0.6) is 0 Å². The third kappa shape index (κ3) is 3.15. The van der Waals surface area contributed by atoms with Gasteiger partial charge < -0.3 is 14.6 Å². The number of hydrogen-bond acceptors (Lipinski definition) is 4. The number of hydrogen-bond donors (Lipinski definition) is 1. The van der Waals surface area contributed by atoms with Crippen LogP contribution in [0.1, 0.15) is 65.7 Å². The number of methoxy groups -OCH3 is 1. The highest BCUT2D eigenvalue weighted by Crippen LogP contribution is 2.62. The summed E-state index contributed by atoms with van der Waals surface area (Å²) in [6.45, 7) is 4.24. The Hall–Kier alpha value is -0.820. The Bertz CT molecular complexity index is 592. The fourth-order valence-electron chi connectivity index (χ4n) is 6.00. The zero-order chi connectivity index (χ0) is 19.6. The molecule has 0 spiro atoms. The van der Waals surface area contributed by atoms with Crippen molar-refractivity contribution in [1.82, 2.24) is 0 Å². The maximum Gasteiger partial charge on any atom is 0.404 e. The zero-order valence-corrected chi connectivity index (χ0v) is 15.9. The van der Waals surface area contributed by atoms with Crippen molar-refractivity contribution < 1.29 is 32.5 Å². The van der Waals surface area contributed by atoms with Crippen LogP contribution in [0.15, 0.2) is 0 Å². The van der Waals surface area contributed by atoms with Crippen molar-refractivity contribution >= 4 is 5.97 Å². The lowest BCUT2D eigenvalue weighted by Crippen LogP contribution is -2.68. The minimum Gasteiger partial charge on any atom is -0.458 e. The highest BCUT2D eigenvalue weighted by Gasteiger charge is 2.67. The Balaban J connectivity index is 1.88. The van der Waals surface area contributed by atoms with E-state index in [0.29, 0.717) is 25.7 Å². The van der Waals surface area contributed by atoms with Crippen molar-refractivity contribution in [3.63, 3.8) is 0 Å². The molecule has 4 fully saturated rings. The summed E-state index contributed by atoms with van der Waals surface area (Å²) in [7, 11) is 1.56. The van der Waals surface area contributed by atoms with Gasteiger partial charge in [0.05, 0.1) is 11.2 Å². The van der Waals surface area contributed by atoms with E-state index in [1.165, 1.54) is 0 Å². The van der Waals surface area contributed by atoms with Crippen LogP contribution in [0.25, 0.3) is 0 Å². The van der Waals surface area contributed by atoms with Crippen molar-refractivity contribution in [3.05, 3.63) is 0 Å². The maximum absolute atomic E-state index is 13.7. The molecule has 0 saturated heterocycles. The summed E-state index contributed by atoms with van der Waals surface area (Å²) in [4.78, 5) is 12.8. The van der Waals surface area contributed by atoms with E-state index in [1.54, 1.807) is 21.0 Å². The summed E-state index contributed by atoms with van der Waals surface area (Å²) in [5.41, 5.74) is -5.25. The first-order valence-corrected chi connectivity index (χ1v) is 9.34. The molecule has 0 amide bonds. The van der Waals surface area contributed by atoms with E-state index in [9.17, 15) is 23.1 Å². The topological polar surface area (TPSA) is 55.8 Å². The molecule has 0 radical (unpaired) electrons. The molecule has 5 unspecified atom stereocenters. The fraction of sp³-hybridized carbons (Fsp3) is 0.947. The Labute approximate surface area is 152 Å². The number of aliphatic hydroxyl groups is 1. The minimum absolute atomic E-state index is 0.103. The van der Waals surface area contributed by atoms with E-state index in [4.69, 9.17) is 9.47 Å². The summed E-state index contributed by atoms with van der Waals surface area (Å²) in [6, 6.07) is 0. The van der Waals surface area contributed by atoms with Crippen LogP contribution < -0.4 is 0 Å². The van der Waals surface area contributed by atoms with E-state index in [-0.39, 0.29) is 24.7 Å². The Morgan fingerprint density at radius 3 is 2.23 bits per heavy atom. The second-order valence-corrected chi connectivity index (χ2v) is 9.62. The van der Waals surface area contributed by atoms with Gasteiger partial charge in [0.15, 0.2) is 5.41 Å². The highest BCUT2D eigenvalue weighted by molar-refractivity contribution is 5.78. The van der Waals surface area contributed by atoms with Gasteiger partial charge in [-0.1, -0.05) is 13.8 Å². The van der Waals surface area contributed by atoms with Crippen molar-refractivity contribution in [2.75, 3.05) is 7.11 Å². The van der Waals surface area contributed by atoms with Gasteiger partial charge in [0.25, 0.3) is 0 Å². The third-order valence-corrected chi connectivity index (χ3v) is 6.57. The predicted molar refractivity (Wildman–Crippen MR) is 88.3 cm³/mol. The van der Waals surface area contributed by atoms with E-state index in [2.05, 4.69) is 0 Å². The smallest absolute Gasteiger partial charge is 0.404 e. The Kier molecular flexibility index (Phi) is 4.47. The Morgan fingerprint density at radius 1 is 1.15 bits per heavy atom. The second kappa shape index (κ2) is 5.84. The number of ether oxygens (including phenoxy) is 2. The van der Waals surface area contributed by atoms with Gasteiger partial charge in [-0.3, -0.25) is 4.79 Å². The summed E-state index contributed by atoms with van der Waals surface area (Å²) in [5.74, 6) is -1.43. The first kappa shape index (κ1) is 19.9. The molecule has 26 heavy (non-hydrogen) atoms. The van der Waals surface area contributed by atoms with Gasteiger partial charge >= 0.3 is 12.1 Å². The SMILES string of the molecule is COC12CC3CC(O)(C1)CC(OC(=O)C(C)(CC(C)C)C(F)(F)F)(C3)C2. The number of carbonyl (C=O) groups excluding carboxylic acids is 1. The van der Waals surface area contributed by atoms with Crippen molar-refractivity contribution in [2.24, 2.45) is 17.3 Å². The van der Waals surface area contributed by atoms with Crippen molar-refractivity contribution in [3.8, 4) is 0 Å². The van der Waals surface area contributed by atoms with Crippen LogP contribution in [-0.4, -0.2) is 41.2 Å². The zero-order valence-electron chi connectivity index (χ0n) is 15.9. The van der Waals surface area contributed by atoms with Crippen molar-refractivity contribution in [2.45, 2.75) is 88.7 Å². The first-order valence-electron chi connectivity index (χ1n) is 9.34. The molecule has 1 N–H and O–H groups in total. The number of alkyl halides is 3. The quantitative estimate of drug-likeness (QED) is 0.735. The van der Waals surface area contributed by atoms with Gasteiger partial charge in [-0.15, -0.1) is 0 Å². The van der Waals surface area contributed by atoms with Crippen LogP contribution in [0.4, 0.5) is 13.2 Å². The van der Waals surface area contributed by atoms with Gasteiger partial charge in [0, 0.05) is 26.4 Å². The van der Waals surface area contributed by atoms with Crippen LogP contribution >= 0.6 is 0 Å². The normalized spacial score (nSPS) is 41.3. The van der Waals surface area contributed by atoms with Gasteiger partial charge in [-0.25, -0.2) is 0 Å². The highest BCUT2D eigenvalue weighted by atomic mass is 19.4. The van der Waals surface area contributed by atoms with Crippen LogP contribution in [-0.2, 0) is 14.3 Å². The predicted octanol–water partition coefficient (Wildman–Crippen LogP) is 4.00. The standard InChI is InChI=1S/C19H29F3O4/c1-12(2)5-15(3,19(20,21)22)14(23)26-18-8-13-6-16(24,10-18)9-17(7-13,11-18)25-4/h12-13,24H,5-11H2,1-4H3. The molecular formula is C19H29F3O4. The van der Waals surface area contributed by atoms with Crippen molar-refractivity contribution in [1.29, 1.82) is 0 Å². The lowest BCUT2D eigenvalue weighted by atomic mass is 9.50. The molecule has 4 bridgehead atoms.